The summed E-state index contributed by atoms with van der Waals surface area (Å²) >= 11 is 25.4. The second-order valence-corrected chi connectivity index (χ2v) is 7.72. The van der Waals surface area contributed by atoms with Gasteiger partial charge in [0.1, 0.15) is 0 Å². The van der Waals surface area contributed by atoms with E-state index < -0.39 is 0 Å². The second-order valence-electron chi connectivity index (χ2n) is 5.21. The van der Waals surface area contributed by atoms with E-state index >= 15 is 0 Å². The predicted molar refractivity (Wildman–Crippen MR) is 109 cm³/mol. The molecule has 11 heteroatoms. The third-order valence-corrected chi connectivity index (χ3v) is 6.02. The van der Waals surface area contributed by atoms with E-state index in [0.717, 1.165) is 0 Å². The van der Waals surface area contributed by atoms with Crippen LogP contribution in [0.1, 0.15) is 6.92 Å². The number of anilines is 1. The van der Waals surface area contributed by atoms with Crippen LogP contribution in [0.3, 0.4) is 0 Å². The summed E-state index contributed by atoms with van der Waals surface area (Å²) in [7, 11) is 0. The van der Waals surface area contributed by atoms with Crippen molar-refractivity contribution < 1.29 is 9.21 Å². The smallest absolute Gasteiger partial charge is 0.234 e. The molecule has 27 heavy (non-hydrogen) atoms. The molecule has 0 unspecified atom stereocenters. The molecular weight excluding hydrogens is 454 g/mol. The summed E-state index contributed by atoms with van der Waals surface area (Å²) in [5, 5.41) is 12.1. The van der Waals surface area contributed by atoms with Crippen molar-refractivity contribution in [1.82, 2.24) is 14.8 Å². The van der Waals surface area contributed by atoms with Crippen LogP contribution in [0.4, 0.5) is 5.69 Å². The summed E-state index contributed by atoms with van der Waals surface area (Å²) < 4.78 is 7.22. The first-order valence-corrected chi connectivity index (χ1v) is 10.1. The molecule has 2 heterocycles. The Hall–Kier alpha value is -1.38. The molecule has 0 aliphatic carbocycles. The van der Waals surface area contributed by atoms with Crippen LogP contribution in [0.2, 0.25) is 20.1 Å². The van der Waals surface area contributed by atoms with E-state index in [-0.39, 0.29) is 37.4 Å². The Morgan fingerprint density at radius 3 is 2.52 bits per heavy atom. The molecule has 1 amide bonds. The first kappa shape index (κ1) is 20.4. The highest BCUT2D eigenvalue weighted by molar-refractivity contribution is 7.99. The zero-order valence-corrected chi connectivity index (χ0v) is 17.6. The number of hydrogen-bond acceptors (Lipinski definition) is 5. The van der Waals surface area contributed by atoms with Gasteiger partial charge in [0.25, 0.3) is 0 Å². The van der Waals surface area contributed by atoms with Crippen molar-refractivity contribution in [3.8, 4) is 11.6 Å². The number of carbonyl (C=O) groups is 1. The van der Waals surface area contributed by atoms with Crippen LogP contribution in [0, 0.1) is 0 Å². The number of halogens is 4. The second kappa shape index (κ2) is 8.75. The minimum absolute atomic E-state index is 0.0626. The van der Waals surface area contributed by atoms with Crippen LogP contribution < -0.4 is 5.32 Å². The van der Waals surface area contributed by atoms with E-state index in [4.69, 9.17) is 50.8 Å². The molecular formula is C16H12Cl4N4O2S. The lowest BCUT2D eigenvalue weighted by Crippen LogP contribution is -2.15. The zero-order chi connectivity index (χ0) is 19.6. The van der Waals surface area contributed by atoms with Crippen LogP contribution >= 0.6 is 58.2 Å². The van der Waals surface area contributed by atoms with Gasteiger partial charge in [0, 0.05) is 6.54 Å². The highest BCUT2D eigenvalue weighted by Crippen LogP contribution is 2.41. The quantitative estimate of drug-likeness (QED) is 0.362. The van der Waals surface area contributed by atoms with Gasteiger partial charge in [-0.1, -0.05) is 58.2 Å². The molecule has 0 aliphatic heterocycles. The SMILES string of the molecule is CCn1c(SCC(=O)Nc2c(Cl)c(Cl)cc(Cl)c2Cl)nnc1-c1ccco1. The standard InChI is InChI=1S/C16H12Cl4N4O2S/c1-2-24-15(10-4-3-5-26-10)22-23-16(24)27-7-11(25)21-14-12(19)8(17)6-9(18)13(14)20/h3-6H,2,7H2,1H3,(H,21,25). The van der Waals surface area contributed by atoms with E-state index in [1.807, 2.05) is 11.5 Å². The van der Waals surface area contributed by atoms with Crippen LogP contribution in [0.5, 0.6) is 0 Å². The Morgan fingerprint density at radius 1 is 1.22 bits per heavy atom. The number of aromatic nitrogens is 3. The van der Waals surface area contributed by atoms with Crippen molar-refractivity contribution in [1.29, 1.82) is 0 Å². The van der Waals surface area contributed by atoms with Crippen molar-refractivity contribution >= 4 is 69.8 Å². The van der Waals surface area contributed by atoms with Crippen molar-refractivity contribution in [3.63, 3.8) is 0 Å². The monoisotopic (exact) mass is 464 g/mol. The number of amides is 1. The first-order valence-electron chi connectivity index (χ1n) is 7.65. The number of nitrogens with one attached hydrogen (secondary N) is 1. The predicted octanol–water partition coefficient (Wildman–Crippen LogP) is 5.90. The van der Waals surface area contributed by atoms with Crippen LogP contribution in [-0.2, 0) is 11.3 Å². The van der Waals surface area contributed by atoms with E-state index in [2.05, 4.69) is 15.5 Å². The molecule has 0 saturated carbocycles. The highest BCUT2D eigenvalue weighted by atomic mass is 35.5. The van der Waals surface area contributed by atoms with Gasteiger partial charge in [-0.2, -0.15) is 0 Å². The zero-order valence-electron chi connectivity index (χ0n) is 13.8. The Labute approximate surface area is 179 Å². The average Bonchev–Trinajstić information content (AvgIpc) is 3.30. The van der Waals surface area contributed by atoms with E-state index in [1.54, 1.807) is 18.4 Å². The summed E-state index contributed by atoms with van der Waals surface area (Å²) in [5.74, 6) is 0.922. The molecule has 0 bridgehead atoms. The molecule has 0 atom stereocenters. The van der Waals surface area contributed by atoms with Gasteiger partial charge in [-0.3, -0.25) is 9.36 Å². The molecule has 0 saturated heterocycles. The number of hydrogen-bond donors (Lipinski definition) is 1. The molecule has 3 aromatic rings. The summed E-state index contributed by atoms with van der Waals surface area (Å²) in [6, 6.07) is 4.98. The maximum atomic E-state index is 12.3. The average molecular weight is 466 g/mol. The van der Waals surface area contributed by atoms with E-state index in [0.29, 0.717) is 23.3 Å². The highest BCUT2D eigenvalue weighted by Gasteiger charge is 2.19. The number of benzene rings is 1. The van der Waals surface area contributed by atoms with Crippen LogP contribution in [0.25, 0.3) is 11.6 Å². The molecule has 0 spiro atoms. The maximum Gasteiger partial charge on any atom is 0.234 e. The van der Waals surface area contributed by atoms with E-state index in [1.165, 1.54) is 17.8 Å². The molecule has 0 radical (unpaired) electrons. The van der Waals surface area contributed by atoms with Gasteiger partial charge in [0.15, 0.2) is 16.7 Å². The van der Waals surface area contributed by atoms with Gasteiger partial charge in [0.05, 0.1) is 37.8 Å². The topological polar surface area (TPSA) is 73.0 Å². The third kappa shape index (κ3) is 4.38. The third-order valence-electron chi connectivity index (χ3n) is 3.48. The van der Waals surface area contributed by atoms with E-state index in [9.17, 15) is 4.79 Å². The number of nitrogens with zero attached hydrogens (tertiary/aromatic N) is 3. The minimum atomic E-state index is -0.340. The van der Waals surface area contributed by atoms with Gasteiger partial charge in [0.2, 0.25) is 5.91 Å². The fourth-order valence-electron chi connectivity index (χ4n) is 2.26. The van der Waals surface area contributed by atoms with Crippen molar-refractivity contribution in [2.75, 3.05) is 11.1 Å². The largest absolute Gasteiger partial charge is 0.461 e. The summed E-state index contributed by atoms with van der Waals surface area (Å²) in [6.07, 6.45) is 1.56. The molecule has 6 nitrogen and oxygen atoms in total. The van der Waals surface area contributed by atoms with Crippen molar-refractivity contribution in [2.45, 2.75) is 18.6 Å². The molecule has 1 aromatic carbocycles. The maximum absolute atomic E-state index is 12.3. The van der Waals surface area contributed by atoms with Gasteiger partial charge in [-0.15, -0.1) is 10.2 Å². The Morgan fingerprint density at radius 2 is 1.93 bits per heavy atom. The molecule has 142 valence electrons. The van der Waals surface area contributed by atoms with Crippen molar-refractivity contribution in [3.05, 3.63) is 44.6 Å². The number of carbonyl (C=O) groups excluding carboxylic acids is 1. The molecule has 0 fully saturated rings. The molecule has 0 aliphatic rings. The number of rotatable bonds is 6. The first-order chi connectivity index (χ1) is 12.9. The lowest BCUT2D eigenvalue weighted by molar-refractivity contribution is -0.113. The lowest BCUT2D eigenvalue weighted by atomic mass is 10.3. The van der Waals surface area contributed by atoms with Gasteiger partial charge >= 0.3 is 0 Å². The fourth-order valence-corrected chi connectivity index (χ4v) is 3.96. The van der Waals surface area contributed by atoms with Crippen molar-refractivity contribution in [2.24, 2.45) is 0 Å². The lowest BCUT2D eigenvalue weighted by Gasteiger charge is -2.12. The normalized spacial score (nSPS) is 11.0. The summed E-state index contributed by atoms with van der Waals surface area (Å²) in [6.45, 7) is 2.57. The Bertz CT molecular complexity index is 949. The molecule has 2 aromatic heterocycles. The van der Waals surface area contributed by atoms with Gasteiger partial charge < -0.3 is 9.73 Å². The summed E-state index contributed by atoms with van der Waals surface area (Å²) in [4.78, 5) is 12.3. The summed E-state index contributed by atoms with van der Waals surface area (Å²) in [5.41, 5.74) is 0.176. The van der Waals surface area contributed by atoms with Gasteiger partial charge in [-0.25, -0.2) is 0 Å². The minimum Gasteiger partial charge on any atom is -0.461 e. The fraction of sp³-hybridized carbons (Fsp3) is 0.188. The number of thioether (sulfide) groups is 1. The molecule has 1 N–H and O–H groups in total. The Balaban J connectivity index is 1.72. The van der Waals surface area contributed by atoms with Crippen LogP contribution in [-0.4, -0.2) is 26.4 Å². The molecule has 3 rings (SSSR count). The van der Waals surface area contributed by atoms with Crippen LogP contribution in [0.15, 0.2) is 34.0 Å². The Kier molecular flexibility index (Phi) is 6.60. The number of furan rings is 1. The van der Waals surface area contributed by atoms with Gasteiger partial charge in [-0.05, 0) is 25.1 Å².